The van der Waals surface area contributed by atoms with Crippen LogP contribution in [-0.4, -0.2) is 29.9 Å². The molecular weight excluding hydrogens is 233 g/mol. The highest BCUT2D eigenvalue weighted by Gasteiger charge is 2.20. The Balaban J connectivity index is 2.12. The van der Waals surface area contributed by atoms with Crippen molar-refractivity contribution in [1.82, 2.24) is 0 Å². The molecule has 100 valence electrons. The lowest BCUT2D eigenvalue weighted by molar-refractivity contribution is 0.244. The Labute approximate surface area is 107 Å². The van der Waals surface area contributed by atoms with Gasteiger partial charge in [-0.1, -0.05) is 0 Å². The van der Waals surface area contributed by atoms with Crippen molar-refractivity contribution in [2.45, 2.75) is 25.9 Å². The maximum Gasteiger partial charge on any atom is 0.125 e. The van der Waals surface area contributed by atoms with Gasteiger partial charge in [-0.05, 0) is 48.9 Å². The summed E-state index contributed by atoms with van der Waals surface area (Å²) in [6.45, 7) is 1.84. The van der Waals surface area contributed by atoms with Crippen molar-refractivity contribution < 1.29 is 14.6 Å². The van der Waals surface area contributed by atoms with Gasteiger partial charge in [0.2, 0.25) is 0 Å². The zero-order chi connectivity index (χ0) is 13.0. The summed E-state index contributed by atoms with van der Waals surface area (Å²) >= 11 is 0. The molecule has 18 heavy (non-hydrogen) atoms. The summed E-state index contributed by atoms with van der Waals surface area (Å²) in [7, 11) is 0. The largest absolute Gasteiger partial charge is 0.396 e. The van der Waals surface area contributed by atoms with Gasteiger partial charge in [0.05, 0.1) is 6.61 Å². The van der Waals surface area contributed by atoms with E-state index in [2.05, 4.69) is 4.90 Å². The molecule has 1 saturated heterocycles. The lowest BCUT2D eigenvalue weighted by Gasteiger charge is -2.34. The van der Waals surface area contributed by atoms with E-state index in [4.69, 9.17) is 10.2 Å². The van der Waals surface area contributed by atoms with Crippen molar-refractivity contribution in [2.24, 2.45) is 5.92 Å². The van der Waals surface area contributed by atoms with Gasteiger partial charge in [-0.25, -0.2) is 4.39 Å². The SMILES string of the molecule is OCCC1CCCN(c2cc(F)cc(CO)c2)C1. The van der Waals surface area contributed by atoms with Crippen molar-refractivity contribution in [1.29, 1.82) is 0 Å². The molecule has 0 aliphatic carbocycles. The van der Waals surface area contributed by atoms with Gasteiger partial charge in [-0.3, -0.25) is 0 Å². The predicted octanol–water partition coefficient (Wildman–Crippen LogP) is 1.92. The van der Waals surface area contributed by atoms with Crippen LogP contribution in [0.1, 0.15) is 24.8 Å². The van der Waals surface area contributed by atoms with E-state index in [9.17, 15) is 4.39 Å². The van der Waals surface area contributed by atoms with Crippen LogP contribution in [0.3, 0.4) is 0 Å². The molecule has 2 rings (SSSR count). The first-order valence-corrected chi connectivity index (χ1v) is 6.49. The molecule has 1 unspecified atom stereocenters. The monoisotopic (exact) mass is 253 g/mol. The zero-order valence-corrected chi connectivity index (χ0v) is 10.5. The molecule has 0 amide bonds. The third-order valence-electron chi connectivity index (χ3n) is 3.55. The lowest BCUT2D eigenvalue weighted by atomic mass is 9.94. The standard InChI is InChI=1S/C14H20FNO2/c15-13-6-12(10-18)7-14(8-13)16-4-1-2-11(9-16)3-5-17/h6-8,11,17-18H,1-5,9-10H2. The summed E-state index contributed by atoms with van der Waals surface area (Å²) in [5, 5.41) is 18.1. The Kier molecular flexibility index (Phi) is 4.55. The number of aliphatic hydroxyl groups is 2. The molecule has 1 aliphatic heterocycles. The molecule has 2 N–H and O–H groups in total. The number of aliphatic hydroxyl groups excluding tert-OH is 2. The highest BCUT2D eigenvalue weighted by molar-refractivity contribution is 5.49. The van der Waals surface area contributed by atoms with Gasteiger partial charge in [0, 0.05) is 25.4 Å². The number of piperidine rings is 1. The Morgan fingerprint density at radius 1 is 1.28 bits per heavy atom. The van der Waals surface area contributed by atoms with Crippen LogP contribution >= 0.6 is 0 Å². The predicted molar refractivity (Wildman–Crippen MR) is 69.0 cm³/mol. The van der Waals surface area contributed by atoms with Crippen molar-refractivity contribution >= 4 is 5.69 Å². The molecule has 1 heterocycles. The van der Waals surface area contributed by atoms with Crippen LogP contribution in [0.4, 0.5) is 10.1 Å². The number of halogens is 1. The molecule has 1 aromatic rings. The molecule has 1 aliphatic rings. The van der Waals surface area contributed by atoms with Gasteiger partial charge in [-0.2, -0.15) is 0 Å². The third-order valence-corrected chi connectivity index (χ3v) is 3.55. The molecule has 1 atom stereocenters. The molecule has 0 aromatic heterocycles. The summed E-state index contributed by atoms with van der Waals surface area (Å²) in [6, 6.07) is 4.71. The quantitative estimate of drug-likeness (QED) is 0.861. The maximum atomic E-state index is 13.4. The average molecular weight is 253 g/mol. The van der Waals surface area contributed by atoms with E-state index in [-0.39, 0.29) is 19.0 Å². The number of nitrogens with zero attached hydrogens (tertiary/aromatic N) is 1. The molecule has 0 saturated carbocycles. The fourth-order valence-corrected chi connectivity index (χ4v) is 2.62. The minimum absolute atomic E-state index is 0.140. The second-order valence-electron chi connectivity index (χ2n) is 4.94. The smallest absolute Gasteiger partial charge is 0.125 e. The molecule has 0 bridgehead atoms. The van der Waals surface area contributed by atoms with E-state index in [0.717, 1.165) is 38.0 Å². The van der Waals surface area contributed by atoms with Crippen molar-refractivity contribution in [3.05, 3.63) is 29.6 Å². The third kappa shape index (κ3) is 3.21. The Morgan fingerprint density at radius 3 is 2.83 bits per heavy atom. The second-order valence-corrected chi connectivity index (χ2v) is 4.94. The van der Waals surface area contributed by atoms with E-state index in [0.29, 0.717) is 11.5 Å². The number of hydrogen-bond donors (Lipinski definition) is 2. The number of rotatable bonds is 4. The summed E-state index contributed by atoms with van der Waals surface area (Å²) < 4.78 is 13.4. The van der Waals surface area contributed by atoms with Gasteiger partial charge in [-0.15, -0.1) is 0 Å². The van der Waals surface area contributed by atoms with Crippen LogP contribution in [0.5, 0.6) is 0 Å². The van der Waals surface area contributed by atoms with Crippen LogP contribution in [0.2, 0.25) is 0 Å². The summed E-state index contributed by atoms with van der Waals surface area (Å²) in [4.78, 5) is 2.14. The normalized spacial score (nSPS) is 20.2. The van der Waals surface area contributed by atoms with Gasteiger partial charge >= 0.3 is 0 Å². The van der Waals surface area contributed by atoms with Crippen LogP contribution in [0.25, 0.3) is 0 Å². The summed E-state index contributed by atoms with van der Waals surface area (Å²) in [6.07, 6.45) is 2.99. The van der Waals surface area contributed by atoms with Gasteiger partial charge in [0.1, 0.15) is 5.82 Å². The number of anilines is 1. The summed E-state index contributed by atoms with van der Waals surface area (Å²) in [5.41, 5.74) is 1.44. The highest BCUT2D eigenvalue weighted by Crippen LogP contribution is 2.26. The van der Waals surface area contributed by atoms with Crippen LogP contribution in [0, 0.1) is 11.7 Å². The van der Waals surface area contributed by atoms with E-state index in [1.54, 1.807) is 0 Å². The lowest BCUT2D eigenvalue weighted by Crippen LogP contribution is -2.35. The zero-order valence-electron chi connectivity index (χ0n) is 10.5. The highest BCUT2D eigenvalue weighted by atomic mass is 19.1. The van der Waals surface area contributed by atoms with Gasteiger partial charge in [0.25, 0.3) is 0 Å². The number of hydrogen-bond acceptors (Lipinski definition) is 3. The minimum atomic E-state index is -0.305. The molecule has 1 fully saturated rings. The maximum absolute atomic E-state index is 13.4. The molecule has 3 nitrogen and oxygen atoms in total. The second kappa shape index (κ2) is 6.16. The fourth-order valence-electron chi connectivity index (χ4n) is 2.62. The molecule has 0 radical (unpaired) electrons. The van der Waals surface area contributed by atoms with E-state index in [1.807, 2.05) is 6.07 Å². The minimum Gasteiger partial charge on any atom is -0.396 e. The van der Waals surface area contributed by atoms with Crippen LogP contribution in [0.15, 0.2) is 18.2 Å². The van der Waals surface area contributed by atoms with Crippen LogP contribution in [-0.2, 0) is 6.61 Å². The van der Waals surface area contributed by atoms with Gasteiger partial charge in [0.15, 0.2) is 0 Å². The first-order valence-electron chi connectivity index (χ1n) is 6.49. The Bertz CT molecular complexity index is 395. The first kappa shape index (κ1) is 13.3. The van der Waals surface area contributed by atoms with Crippen molar-refractivity contribution in [3.8, 4) is 0 Å². The Morgan fingerprint density at radius 2 is 2.11 bits per heavy atom. The van der Waals surface area contributed by atoms with E-state index < -0.39 is 0 Å². The topological polar surface area (TPSA) is 43.7 Å². The van der Waals surface area contributed by atoms with E-state index >= 15 is 0 Å². The molecule has 0 spiro atoms. The first-order chi connectivity index (χ1) is 8.72. The van der Waals surface area contributed by atoms with Crippen LogP contribution < -0.4 is 4.90 Å². The molecular formula is C14H20FNO2. The van der Waals surface area contributed by atoms with E-state index in [1.165, 1.54) is 12.1 Å². The van der Waals surface area contributed by atoms with Crippen molar-refractivity contribution in [2.75, 3.05) is 24.6 Å². The summed E-state index contributed by atoms with van der Waals surface area (Å²) in [5.74, 6) is 0.172. The molecule has 1 aromatic carbocycles. The Hall–Kier alpha value is -1.13. The molecule has 4 heteroatoms. The average Bonchev–Trinajstić information content (AvgIpc) is 2.39. The van der Waals surface area contributed by atoms with Crippen molar-refractivity contribution in [3.63, 3.8) is 0 Å². The fraction of sp³-hybridized carbons (Fsp3) is 0.571. The van der Waals surface area contributed by atoms with Gasteiger partial charge < -0.3 is 15.1 Å². The number of benzene rings is 1.